The van der Waals surface area contributed by atoms with Gasteiger partial charge in [-0.15, -0.1) is 0 Å². The maximum Gasteiger partial charge on any atom is 0.328 e. The third-order valence-electron chi connectivity index (χ3n) is 1.79. The molecule has 0 aliphatic heterocycles. The zero-order valence-electron chi connectivity index (χ0n) is 8.44. The van der Waals surface area contributed by atoms with Crippen molar-refractivity contribution in [1.82, 2.24) is 9.97 Å². The van der Waals surface area contributed by atoms with Crippen LogP contribution in [0.5, 0.6) is 0 Å². The van der Waals surface area contributed by atoms with Gasteiger partial charge in [0.05, 0.1) is 12.8 Å². The van der Waals surface area contributed by atoms with Crippen molar-refractivity contribution in [2.45, 2.75) is 19.9 Å². The van der Waals surface area contributed by atoms with E-state index in [-0.39, 0.29) is 5.97 Å². The Bertz CT molecular complexity index is 328. The van der Waals surface area contributed by atoms with Crippen LogP contribution in [-0.4, -0.2) is 29.1 Å². The fourth-order valence-electron chi connectivity index (χ4n) is 0.990. The number of nitrogens with one attached hydrogen (secondary N) is 1. The van der Waals surface area contributed by atoms with E-state index in [1.165, 1.54) is 7.11 Å². The number of esters is 1. The second-order valence-corrected chi connectivity index (χ2v) is 2.88. The molecule has 0 aromatic carbocycles. The standard InChI is InChI=1S/C9H13N3O2/c1-6-8(11-5-4-10-6)12-7(2)9(13)14-3/h4-5,7H,1-3H3,(H,11,12). The second-order valence-electron chi connectivity index (χ2n) is 2.88. The fraction of sp³-hybridized carbons (Fsp3) is 0.444. The summed E-state index contributed by atoms with van der Waals surface area (Å²) in [6.07, 6.45) is 3.17. The molecule has 1 aromatic rings. The summed E-state index contributed by atoms with van der Waals surface area (Å²) in [5, 5.41) is 2.91. The van der Waals surface area contributed by atoms with Gasteiger partial charge < -0.3 is 10.1 Å². The van der Waals surface area contributed by atoms with Crippen molar-refractivity contribution in [2.75, 3.05) is 12.4 Å². The van der Waals surface area contributed by atoms with Gasteiger partial charge in [-0.1, -0.05) is 0 Å². The van der Waals surface area contributed by atoms with Crippen LogP contribution < -0.4 is 5.32 Å². The van der Waals surface area contributed by atoms with Crippen LogP contribution in [0.25, 0.3) is 0 Å². The molecule has 1 heterocycles. The van der Waals surface area contributed by atoms with Crippen LogP contribution in [0.15, 0.2) is 12.4 Å². The molecule has 5 nitrogen and oxygen atoms in total. The Hall–Kier alpha value is -1.65. The number of rotatable bonds is 3. The van der Waals surface area contributed by atoms with E-state index in [1.807, 2.05) is 6.92 Å². The molecule has 0 aliphatic carbocycles. The Kier molecular flexibility index (Phi) is 3.39. The van der Waals surface area contributed by atoms with Crippen molar-refractivity contribution in [2.24, 2.45) is 0 Å². The first-order chi connectivity index (χ1) is 6.65. The number of ether oxygens (including phenoxy) is 1. The molecule has 0 amide bonds. The third kappa shape index (κ3) is 2.42. The quantitative estimate of drug-likeness (QED) is 0.721. The predicted molar refractivity (Wildman–Crippen MR) is 51.9 cm³/mol. The Morgan fingerprint density at radius 3 is 2.71 bits per heavy atom. The molecule has 0 bridgehead atoms. The highest BCUT2D eigenvalue weighted by atomic mass is 16.5. The third-order valence-corrected chi connectivity index (χ3v) is 1.79. The lowest BCUT2D eigenvalue weighted by Gasteiger charge is -2.12. The summed E-state index contributed by atoms with van der Waals surface area (Å²) < 4.78 is 4.57. The van der Waals surface area contributed by atoms with E-state index in [1.54, 1.807) is 19.3 Å². The minimum atomic E-state index is -0.421. The molecule has 1 unspecified atom stereocenters. The maximum atomic E-state index is 11.1. The van der Waals surface area contributed by atoms with E-state index >= 15 is 0 Å². The van der Waals surface area contributed by atoms with Crippen LogP contribution in [0.1, 0.15) is 12.6 Å². The van der Waals surface area contributed by atoms with Crippen molar-refractivity contribution in [3.05, 3.63) is 18.1 Å². The van der Waals surface area contributed by atoms with Gasteiger partial charge in [-0.2, -0.15) is 0 Å². The van der Waals surface area contributed by atoms with Crippen molar-refractivity contribution in [1.29, 1.82) is 0 Å². The SMILES string of the molecule is COC(=O)C(C)Nc1nccnc1C. The first-order valence-corrected chi connectivity index (χ1v) is 4.27. The number of hydrogen-bond donors (Lipinski definition) is 1. The van der Waals surface area contributed by atoms with E-state index < -0.39 is 6.04 Å². The van der Waals surface area contributed by atoms with Gasteiger partial charge in [0.25, 0.3) is 0 Å². The number of carbonyl (C=O) groups is 1. The molecule has 1 N–H and O–H groups in total. The van der Waals surface area contributed by atoms with Crippen LogP contribution in [0, 0.1) is 6.92 Å². The Labute approximate surface area is 82.5 Å². The normalized spacial score (nSPS) is 11.9. The van der Waals surface area contributed by atoms with Crippen LogP contribution in [0.3, 0.4) is 0 Å². The molecule has 1 rings (SSSR count). The monoisotopic (exact) mass is 195 g/mol. The lowest BCUT2D eigenvalue weighted by atomic mass is 10.3. The number of carbonyl (C=O) groups excluding carboxylic acids is 1. The molecule has 0 spiro atoms. The Morgan fingerprint density at radius 1 is 1.50 bits per heavy atom. The van der Waals surface area contributed by atoms with Gasteiger partial charge in [0, 0.05) is 12.4 Å². The largest absolute Gasteiger partial charge is 0.467 e. The van der Waals surface area contributed by atoms with E-state index in [0.717, 1.165) is 5.69 Å². The Morgan fingerprint density at radius 2 is 2.14 bits per heavy atom. The highest BCUT2D eigenvalue weighted by molar-refractivity contribution is 5.78. The van der Waals surface area contributed by atoms with Gasteiger partial charge in [0.15, 0.2) is 0 Å². The highest BCUT2D eigenvalue weighted by Gasteiger charge is 2.13. The number of hydrogen-bond acceptors (Lipinski definition) is 5. The smallest absolute Gasteiger partial charge is 0.328 e. The molecule has 76 valence electrons. The van der Waals surface area contributed by atoms with Gasteiger partial charge in [0.1, 0.15) is 11.9 Å². The van der Waals surface area contributed by atoms with Crippen molar-refractivity contribution >= 4 is 11.8 Å². The molecule has 0 fully saturated rings. The summed E-state index contributed by atoms with van der Waals surface area (Å²) in [4.78, 5) is 19.2. The maximum absolute atomic E-state index is 11.1. The summed E-state index contributed by atoms with van der Waals surface area (Å²) in [5.41, 5.74) is 0.753. The van der Waals surface area contributed by atoms with Crippen LogP contribution in [-0.2, 0) is 9.53 Å². The summed E-state index contributed by atoms with van der Waals surface area (Å²) >= 11 is 0. The van der Waals surface area contributed by atoms with E-state index in [0.29, 0.717) is 5.82 Å². The zero-order chi connectivity index (χ0) is 10.6. The summed E-state index contributed by atoms with van der Waals surface area (Å²) in [5.74, 6) is 0.278. The molecular weight excluding hydrogens is 182 g/mol. The molecular formula is C9H13N3O2. The molecule has 14 heavy (non-hydrogen) atoms. The van der Waals surface area contributed by atoms with E-state index in [9.17, 15) is 4.79 Å². The van der Waals surface area contributed by atoms with Crippen LogP contribution in [0.4, 0.5) is 5.82 Å². The van der Waals surface area contributed by atoms with Crippen LogP contribution in [0.2, 0.25) is 0 Å². The van der Waals surface area contributed by atoms with Gasteiger partial charge in [-0.3, -0.25) is 4.98 Å². The van der Waals surface area contributed by atoms with Crippen molar-refractivity contribution in [3.8, 4) is 0 Å². The van der Waals surface area contributed by atoms with Crippen LogP contribution >= 0.6 is 0 Å². The number of anilines is 1. The van der Waals surface area contributed by atoms with E-state index in [2.05, 4.69) is 20.0 Å². The summed E-state index contributed by atoms with van der Waals surface area (Å²) in [6, 6.07) is -0.421. The minimum Gasteiger partial charge on any atom is -0.467 e. The summed E-state index contributed by atoms with van der Waals surface area (Å²) in [6.45, 7) is 3.53. The molecule has 5 heteroatoms. The molecule has 1 aromatic heterocycles. The average Bonchev–Trinajstić information content (AvgIpc) is 2.20. The summed E-state index contributed by atoms with van der Waals surface area (Å²) in [7, 11) is 1.35. The lowest BCUT2D eigenvalue weighted by molar-refractivity contribution is -0.141. The topological polar surface area (TPSA) is 64.1 Å². The number of nitrogens with zero attached hydrogens (tertiary/aromatic N) is 2. The van der Waals surface area contributed by atoms with Gasteiger partial charge in [-0.05, 0) is 13.8 Å². The molecule has 0 aliphatic rings. The number of methoxy groups -OCH3 is 1. The predicted octanol–water partition coefficient (Wildman–Crippen LogP) is 0.758. The average molecular weight is 195 g/mol. The van der Waals surface area contributed by atoms with E-state index in [4.69, 9.17) is 0 Å². The number of aryl methyl sites for hydroxylation is 1. The van der Waals surface area contributed by atoms with Gasteiger partial charge in [0.2, 0.25) is 0 Å². The lowest BCUT2D eigenvalue weighted by Crippen LogP contribution is -2.28. The van der Waals surface area contributed by atoms with Gasteiger partial charge in [-0.25, -0.2) is 9.78 Å². The molecule has 0 radical (unpaired) electrons. The van der Waals surface area contributed by atoms with Crippen molar-refractivity contribution in [3.63, 3.8) is 0 Å². The second kappa shape index (κ2) is 4.55. The first kappa shape index (κ1) is 10.4. The fourth-order valence-corrected chi connectivity index (χ4v) is 0.990. The molecule has 0 saturated carbocycles. The zero-order valence-corrected chi connectivity index (χ0v) is 8.44. The highest BCUT2D eigenvalue weighted by Crippen LogP contribution is 2.07. The van der Waals surface area contributed by atoms with Gasteiger partial charge >= 0.3 is 5.97 Å². The first-order valence-electron chi connectivity index (χ1n) is 4.27. The number of aromatic nitrogens is 2. The molecule has 0 saturated heterocycles. The minimum absolute atomic E-state index is 0.324. The van der Waals surface area contributed by atoms with Crippen molar-refractivity contribution < 1.29 is 9.53 Å². The molecule has 1 atom stereocenters. The Balaban J connectivity index is 2.69.